The molecule has 1 aromatic heterocycles. The van der Waals surface area contributed by atoms with Gasteiger partial charge < -0.3 is 5.11 Å². The molecule has 0 unspecified atom stereocenters. The Morgan fingerprint density at radius 1 is 1.33 bits per heavy atom. The highest BCUT2D eigenvalue weighted by Gasteiger charge is 2.18. The Bertz CT molecular complexity index is 682. The van der Waals surface area contributed by atoms with Gasteiger partial charge in [-0.05, 0) is 31.0 Å². The number of carbonyl (C=O) groups is 1. The molecule has 0 aliphatic heterocycles. The van der Waals surface area contributed by atoms with E-state index in [1.807, 2.05) is 26.0 Å². The maximum Gasteiger partial charge on any atom is 0.374 e. The molecule has 18 heavy (non-hydrogen) atoms. The average Bonchev–Trinajstić information content (AvgIpc) is 2.60. The monoisotopic (exact) mass is 247 g/mol. The molecule has 0 spiro atoms. The van der Waals surface area contributed by atoms with Gasteiger partial charge in [-0.3, -0.25) is 4.57 Å². The van der Waals surface area contributed by atoms with Gasteiger partial charge in [-0.15, -0.1) is 5.10 Å². The van der Waals surface area contributed by atoms with Crippen LogP contribution in [0.1, 0.15) is 21.7 Å². The zero-order valence-corrected chi connectivity index (χ0v) is 10.3. The summed E-state index contributed by atoms with van der Waals surface area (Å²) in [6, 6.07) is 5.59. The summed E-state index contributed by atoms with van der Waals surface area (Å²) < 4.78 is 2.13. The molecule has 1 aromatic carbocycles. The third kappa shape index (κ3) is 1.81. The van der Waals surface area contributed by atoms with E-state index in [0.29, 0.717) is 5.69 Å². The van der Waals surface area contributed by atoms with Crippen LogP contribution in [0.5, 0.6) is 0 Å². The molecule has 0 bridgehead atoms. The zero-order valence-electron chi connectivity index (χ0n) is 10.3. The predicted octanol–water partition coefficient (Wildman–Crippen LogP) is 0.886. The minimum absolute atomic E-state index is 0.277. The average molecular weight is 247 g/mol. The first-order valence-corrected chi connectivity index (χ1v) is 5.39. The van der Waals surface area contributed by atoms with Crippen LogP contribution in [0, 0.1) is 13.8 Å². The van der Waals surface area contributed by atoms with Crippen LogP contribution in [-0.2, 0) is 7.05 Å². The highest BCUT2D eigenvalue weighted by molar-refractivity contribution is 5.83. The number of hydrogen-bond acceptors (Lipinski definition) is 3. The second-order valence-electron chi connectivity index (χ2n) is 4.17. The Morgan fingerprint density at radius 2 is 2.00 bits per heavy atom. The first-order chi connectivity index (χ1) is 8.41. The Kier molecular flexibility index (Phi) is 2.78. The second kappa shape index (κ2) is 4.14. The zero-order chi connectivity index (χ0) is 13.4. The van der Waals surface area contributed by atoms with Gasteiger partial charge in [0.25, 0.3) is 0 Å². The van der Waals surface area contributed by atoms with Gasteiger partial charge in [-0.2, -0.15) is 4.68 Å². The van der Waals surface area contributed by atoms with Crippen LogP contribution < -0.4 is 5.69 Å². The van der Waals surface area contributed by atoms with Crippen LogP contribution in [0.4, 0.5) is 0 Å². The predicted molar refractivity (Wildman–Crippen MR) is 65.2 cm³/mol. The molecule has 2 aromatic rings. The van der Waals surface area contributed by atoms with Crippen molar-refractivity contribution in [1.29, 1.82) is 0 Å². The summed E-state index contributed by atoms with van der Waals surface area (Å²) in [7, 11) is 1.39. The van der Waals surface area contributed by atoms with E-state index < -0.39 is 11.7 Å². The summed E-state index contributed by atoms with van der Waals surface area (Å²) in [6.45, 7) is 3.74. The third-order valence-electron chi connectivity index (χ3n) is 2.76. The van der Waals surface area contributed by atoms with Crippen molar-refractivity contribution in [2.24, 2.45) is 7.05 Å². The van der Waals surface area contributed by atoms with Gasteiger partial charge in [-0.1, -0.05) is 12.1 Å². The molecule has 0 saturated carbocycles. The number of aromatic nitrogens is 3. The maximum absolute atomic E-state index is 12.0. The van der Waals surface area contributed by atoms with Crippen LogP contribution in [0.25, 0.3) is 5.69 Å². The summed E-state index contributed by atoms with van der Waals surface area (Å²) in [5.74, 6) is -1.50. The number of benzene rings is 1. The molecular formula is C12H13N3O3. The van der Waals surface area contributed by atoms with E-state index in [4.69, 9.17) is 5.11 Å². The fraction of sp³-hybridized carbons (Fsp3) is 0.250. The minimum atomic E-state index is -1.22. The normalized spacial score (nSPS) is 10.6. The molecule has 0 atom stereocenters. The molecule has 1 heterocycles. The summed E-state index contributed by atoms with van der Waals surface area (Å²) in [4.78, 5) is 22.9. The molecule has 6 nitrogen and oxygen atoms in total. The lowest BCUT2D eigenvalue weighted by atomic mass is 10.1. The first kappa shape index (κ1) is 12.1. The van der Waals surface area contributed by atoms with E-state index in [9.17, 15) is 9.59 Å². The Morgan fingerprint density at radius 3 is 2.56 bits per heavy atom. The van der Waals surface area contributed by atoms with Crippen LogP contribution >= 0.6 is 0 Å². The third-order valence-corrected chi connectivity index (χ3v) is 2.76. The van der Waals surface area contributed by atoms with Gasteiger partial charge >= 0.3 is 11.7 Å². The van der Waals surface area contributed by atoms with Gasteiger partial charge in [0.05, 0.1) is 5.69 Å². The fourth-order valence-corrected chi connectivity index (χ4v) is 1.73. The first-order valence-electron chi connectivity index (χ1n) is 5.39. The van der Waals surface area contributed by atoms with E-state index in [1.54, 1.807) is 6.07 Å². The van der Waals surface area contributed by atoms with E-state index in [0.717, 1.165) is 20.4 Å². The highest BCUT2D eigenvalue weighted by Crippen LogP contribution is 2.13. The van der Waals surface area contributed by atoms with Crippen molar-refractivity contribution in [1.82, 2.24) is 14.3 Å². The van der Waals surface area contributed by atoms with Gasteiger partial charge in [-0.25, -0.2) is 9.59 Å². The number of hydrogen-bond donors (Lipinski definition) is 1. The standard InChI is InChI=1S/C12H13N3O3/c1-7-4-5-8(2)9(6-7)15-12(18)14(3)10(13-15)11(16)17/h4-6H,1-3H3,(H,16,17). The van der Waals surface area contributed by atoms with Crippen molar-refractivity contribution in [3.8, 4) is 5.69 Å². The topological polar surface area (TPSA) is 77.1 Å². The van der Waals surface area contributed by atoms with Crippen molar-refractivity contribution < 1.29 is 9.90 Å². The molecule has 0 amide bonds. The highest BCUT2D eigenvalue weighted by atomic mass is 16.4. The van der Waals surface area contributed by atoms with E-state index >= 15 is 0 Å². The van der Waals surface area contributed by atoms with Crippen molar-refractivity contribution in [3.05, 3.63) is 45.6 Å². The number of aryl methyl sites for hydroxylation is 2. The number of carboxylic acids is 1. The van der Waals surface area contributed by atoms with Gasteiger partial charge in [0.15, 0.2) is 0 Å². The minimum Gasteiger partial charge on any atom is -0.475 e. The molecule has 0 aliphatic carbocycles. The second-order valence-corrected chi connectivity index (χ2v) is 4.17. The summed E-state index contributed by atoms with van der Waals surface area (Å²) in [5, 5.41) is 12.8. The van der Waals surface area contributed by atoms with E-state index in [1.165, 1.54) is 7.05 Å². The molecule has 2 rings (SSSR count). The summed E-state index contributed by atoms with van der Waals surface area (Å²) in [5.41, 5.74) is 1.96. The Balaban J connectivity index is 2.72. The number of rotatable bonds is 2. The maximum atomic E-state index is 12.0. The van der Waals surface area contributed by atoms with Crippen molar-refractivity contribution in [2.45, 2.75) is 13.8 Å². The smallest absolute Gasteiger partial charge is 0.374 e. The molecule has 0 fully saturated rings. The number of nitrogens with zero attached hydrogens (tertiary/aromatic N) is 3. The van der Waals surface area contributed by atoms with Gasteiger partial charge in [0.1, 0.15) is 0 Å². The molecule has 0 aliphatic rings. The van der Waals surface area contributed by atoms with Crippen LogP contribution in [0.3, 0.4) is 0 Å². The lowest BCUT2D eigenvalue weighted by molar-refractivity contribution is 0.0678. The van der Waals surface area contributed by atoms with Crippen molar-refractivity contribution in [2.75, 3.05) is 0 Å². The SMILES string of the molecule is Cc1ccc(C)c(-n2nc(C(=O)O)n(C)c2=O)c1. The van der Waals surface area contributed by atoms with Gasteiger partial charge in [0.2, 0.25) is 5.82 Å². The molecule has 6 heteroatoms. The van der Waals surface area contributed by atoms with Crippen LogP contribution in [0.2, 0.25) is 0 Å². The van der Waals surface area contributed by atoms with Gasteiger partial charge in [0, 0.05) is 7.05 Å². The molecule has 0 radical (unpaired) electrons. The number of carboxylic acid groups (broad SMARTS) is 1. The molecular weight excluding hydrogens is 234 g/mol. The van der Waals surface area contributed by atoms with Crippen LogP contribution in [-0.4, -0.2) is 25.4 Å². The molecule has 1 N–H and O–H groups in total. The Labute approximate surface area is 103 Å². The lowest BCUT2D eigenvalue weighted by Gasteiger charge is -2.05. The van der Waals surface area contributed by atoms with E-state index in [-0.39, 0.29) is 5.82 Å². The molecule has 94 valence electrons. The fourth-order valence-electron chi connectivity index (χ4n) is 1.73. The van der Waals surface area contributed by atoms with Crippen molar-refractivity contribution in [3.63, 3.8) is 0 Å². The number of aromatic carboxylic acids is 1. The summed E-state index contributed by atoms with van der Waals surface area (Å²) >= 11 is 0. The molecule has 0 saturated heterocycles. The van der Waals surface area contributed by atoms with E-state index in [2.05, 4.69) is 5.10 Å². The largest absolute Gasteiger partial charge is 0.475 e. The van der Waals surface area contributed by atoms with Crippen molar-refractivity contribution >= 4 is 5.97 Å². The lowest BCUT2D eigenvalue weighted by Crippen LogP contribution is -2.23. The van der Waals surface area contributed by atoms with Crippen LogP contribution in [0.15, 0.2) is 23.0 Å². The Hall–Kier alpha value is -2.37. The summed E-state index contributed by atoms with van der Waals surface area (Å²) in [6.07, 6.45) is 0. The quantitative estimate of drug-likeness (QED) is 0.854.